The zero-order valence-electron chi connectivity index (χ0n) is 13.0. The van der Waals surface area contributed by atoms with Crippen molar-refractivity contribution >= 4 is 11.8 Å². The summed E-state index contributed by atoms with van der Waals surface area (Å²) in [4.78, 5) is 25.7. The zero-order chi connectivity index (χ0) is 15.1. The second-order valence-corrected chi connectivity index (χ2v) is 6.18. The summed E-state index contributed by atoms with van der Waals surface area (Å²) < 4.78 is 0. The molecule has 5 heteroatoms. The number of rotatable bonds is 6. The Labute approximate surface area is 122 Å². The zero-order valence-corrected chi connectivity index (χ0v) is 13.0. The Morgan fingerprint density at radius 3 is 2.70 bits per heavy atom. The number of nitrogens with two attached hydrogens (primary N) is 1. The summed E-state index contributed by atoms with van der Waals surface area (Å²) in [5, 5.41) is 3.01. The van der Waals surface area contributed by atoms with Gasteiger partial charge in [-0.1, -0.05) is 20.8 Å². The minimum absolute atomic E-state index is 0.0214. The number of likely N-dealkylation sites (tertiary alicyclic amines) is 1. The Hall–Kier alpha value is -1.10. The minimum atomic E-state index is -0.417. The molecule has 1 aliphatic heterocycles. The Kier molecular flexibility index (Phi) is 6.99. The van der Waals surface area contributed by atoms with Crippen LogP contribution in [0.3, 0.4) is 0 Å². The first-order valence-corrected chi connectivity index (χ1v) is 7.77. The van der Waals surface area contributed by atoms with Crippen molar-refractivity contribution in [1.82, 2.24) is 10.2 Å². The van der Waals surface area contributed by atoms with Crippen LogP contribution in [0.2, 0.25) is 0 Å². The summed E-state index contributed by atoms with van der Waals surface area (Å²) in [5.41, 5.74) is 5.96. The van der Waals surface area contributed by atoms with E-state index in [1.165, 1.54) is 0 Å². The maximum absolute atomic E-state index is 12.3. The molecule has 0 radical (unpaired) electrons. The van der Waals surface area contributed by atoms with Gasteiger partial charge < -0.3 is 16.0 Å². The highest BCUT2D eigenvalue weighted by Crippen LogP contribution is 2.13. The van der Waals surface area contributed by atoms with Crippen molar-refractivity contribution in [1.29, 1.82) is 0 Å². The Morgan fingerprint density at radius 1 is 1.40 bits per heavy atom. The quantitative estimate of drug-likeness (QED) is 0.770. The van der Waals surface area contributed by atoms with Gasteiger partial charge >= 0.3 is 0 Å². The van der Waals surface area contributed by atoms with Gasteiger partial charge in [0.1, 0.15) is 0 Å². The van der Waals surface area contributed by atoms with Crippen molar-refractivity contribution in [2.45, 2.75) is 65.0 Å². The molecular formula is C15H29N3O2. The second-order valence-electron chi connectivity index (χ2n) is 6.18. The standard InChI is InChI=1S/C15H29N3O2/c1-4-6-14(19)17-12-7-5-8-18(10-12)15(20)13(16)9-11(2)3/h11-13H,4-10,16H2,1-3H3,(H,17,19)/t12?,13-/m0/s1. The molecule has 1 rings (SSSR count). The van der Waals surface area contributed by atoms with E-state index in [-0.39, 0.29) is 17.9 Å². The van der Waals surface area contributed by atoms with Crippen molar-refractivity contribution in [3.63, 3.8) is 0 Å². The summed E-state index contributed by atoms with van der Waals surface area (Å²) in [6.45, 7) is 7.47. The molecule has 5 nitrogen and oxygen atoms in total. The van der Waals surface area contributed by atoms with Crippen molar-refractivity contribution in [2.75, 3.05) is 13.1 Å². The van der Waals surface area contributed by atoms with Crippen LogP contribution in [-0.4, -0.2) is 41.9 Å². The number of amides is 2. The fraction of sp³-hybridized carbons (Fsp3) is 0.867. The Balaban J connectivity index is 2.47. The van der Waals surface area contributed by atoms with E-state index in [0.29, 0.717) is 25.3 Å². The van der Waals surface area contributed by atoms with E-state index in [2.05, 4.69) is 19.2 Å². The molecular weight excluding hydrogens is 254 g/mol. The van der Waals surface area contributed by atoms with Gasteiger partial charge in [0, 0.05) is 25.6 Å². The largest absolute Gasteiger partial charge is 0.352 e. The normalized spacial score (nSPS) is 20.9. The SMILES string of the molecule is CCCC(=O)NC1CCCN(C(=O)[C@@H](N)CC(C)C)C1. The number of carbonyl (C=O) groups excluding carboxylic acids is 2. The monoisotopic (exact) mass is 283 g/mol. The molecule has 1 fully saturated rings. The first-order chi connectivity index (χ1) is 9.43. The van der Waals surface area contributed by atoms with Crippen LogP contribution >= 0.6 is 0 Å². The molecule has 1 unspecified atom stereocenters. The molecule has 0 spiro atoms. The molecule has 1 aliphatic rings. The van der Waals surface area contributed by atoms with E-state index < -0.39 is 6.04 Å². The van der Waals surface area contributed by atoms with Crippen LogP contribution in [-0.2, 0) is 9.59 Å². The highest BCUT2D eigenvalue weighted by molar-refractivity contribution is 5.82. The predicted molar refractivity (Wildman–Crippen MR) is 80.1 cm³/mol. The highest BCUT2D eigenvalue weighted by atomic mass is 16.2. The third-order valence-electron chi connectivity index (χ3n) is 3.62. The van der Waals surface area contributed by atoms with Crippen LogP contribution in [0.5, 0.6) is 0 Å². The first kappa shape index (κ1) is 17.0. The molecule has 3 N–H and O–H groups in total. The maximum Gasteiger partial charge on any atom is 0.239 e. The summed E-state index contributed by atoms with van der Waals surface area (Å²) in [6, 6.07) is -0.335. The maximum atomic E-state index is 12.3. The van der Waals surface area contributed by atoms with Crippen molar-refractivity contribution in [3.8, 4) is 0 Å². The number of hydrogen-bond acceptors (Lipinski definition) is 3. The molecule has 2 amide bonds. The molecule has 1 saturated heterocycles. The van der Waals surface area contributed by atoms with Gasteiger partial charge in [0.15, 0.2) is 0 Å². The first-order valence-electron chi connectivity index (χ1n) is 7.77. The average molecular weight is 283 g/mol. The molecule has 0 aromatic heterocycles. The van der Waals surface area contributed by atoms with Crippen LogP contribution in [0.1, 0.15) is 52.9 Å². The van der Waals surface area contributed by atoms with E-state index in [9.17, 15) is 9.59 Å². The fourth-order valence-corrected chi connectivity index (χ4v) is 2.67. The van der Waals surface area contributed by atoms with Gasteiger partial charge in [-0.15, -0.1) is 0 Å². The summed E-state index contributed by atoms with van der Waals surface area (Å²) in [6.07, 6.45) is 3.98. The van der Waals surface area contributed by atoms with Gasteiger partial charge in [0.05, 0.1) is 6.04 Å². The molecule has 0 saturated carbocycles. The average Bonchev–Trinajstić information content (AvgIpc) is 2.37. The van der Waals surface area contributed by atoms with Crippen LogP contribution in [0.15, 0.2) is 0 Å². The van der Waals surface area contributed by atoms with Crippen LogP contribution in [0, 0.1) is 5.92 Å². The van der Waals surface area contributed by atoms with E-state index >= 15 is 0 Å². The van der Waals surface area contributed by atoms with Gasteiger partial charge in [0.25, 0.3) is 0 Å². The Bertz CT molecular complexity index is 331. The molecule has 2 atom stereocenters. The summed E-state index contributed by atoms with van der Waals surface area (Å²) in [7, 11) is 0. The number of hydrogen-bond donors (Lipinski definition) is 2. The van der Waals surface area contributed by atoms with Crippen LogP contribution < -0.4 is 11.1 Å². The van der Waals surface area contributed by atoms with Crippen molar-refractivity contribution in [3.05, 3.63) is 0 Å². The Morgan fingerprint density at radius 2 is 2.10 bits per heavy atom. The lowest BCUT2D eigenvalue weighted by Gasteiger charge is -2.34. The third kappa shape index (κ3) is 5.49. The van der Waals surface area contributed by atoms with Crippen LogP contribution in [0.25, 0.3) is 0 Å². The van der Waals surface area contributed by atoms with E-state index in [4.69, 9.17) is 5.73 Å². The number of piperidine rings is 1. The molecule has 1 heterocycles. The van der Waals surface area contributed by atoms with E-state index in [1.54, 1.807) is 0 Å². The van der Waals surface area contributed by atoms with E-state index in [0.717, 1.165) is 25.8 Å². The third-order valence-corrected chi connectivity index (χ3v) is 3.62. The summed E-state index contributed by atoms with van der Waals surface area (Å²) in [5.74, 6) is 0.519. The molecule has 0 aromatic carbocycles. The van der Waals surface area contributed by atoms with Gasteiger partial charge in [-0.2, -0.15) is 0 Å². The predicted octanol–water partition coefficient (Wildman–Crippen LogP) is 1.27. The van der Waals surface area contributed by atoms with Gasteiger partial charge in [-0.05, 0) is 31.6 Å². The molecule has 0 aliphatic carbocycles. The lowest BCUT2D eigenvalue weighted by atomic mass is 10.0. The van der Waals surface area contributed by atoms with Crippen molar-refractivity contribution < 1.29 is 9.59 Å². The summed E-state index contributed by atoms with van der Waals surface area (Å²) >= 11 is 0. The van der Waals surface area contributed by atoms with Gasteiger partial charge in [-0.25, -0.2) is 0 Å². The molecule has 0 aromatic rings. The second kappa shape index (κ2) is 8.25. The smallest absolute Gasteiger partial charge is 0.239 e. The fourth-order valence-electron chi connectivity index (χ4n) is 2.67. The van der Waals surface area contributed by atoms with Gasteiger partial charge in [-0.3, -0.25) is 9.59 Å². The van der Waals surface area contributed by atoms with E-state index in [1.807, 2.05) is 11.8 Å². The lowest BCUT2D eigenvalue weighted by Crippen LogP contribution is -2.53. The minimum Gasteiger partial charge on any atom is -0.352 e. The molecule has 20 heavy (non-hydrogen) atoms. The van der Waals surface area contributed by atoms with Gasteiger partial charge in [0.2, 0.25) is 11.8 Å². The number of carbonyl (C=O) groups is 2. The highest BCUT2D eigenvalue weighted by Gasteiger charge is 2.27. The van der Waals surface area contributed by atoms with Crippen molar-refractivity contribution in [2.24, 2.45) is 11.7 Å². The number of nitrogens with one attached hydrogen (secondary N) is 1. The lowest BCUT2D eigenvalue weighted by molar-refractivity contribution is -0.135. The number of nitrogens with zero attached hydrogens (tertiary/aromatic N) is 1. The topological polar surface area (TPSA) is 75.4 Å². The molecule has 0 bridgehead atoms. The molecule has 116 valence electrons. The van der Waals surface area contributed by atoms with Crippen LogP contribution in [0.4, 0.5) is 0 Å².